The molecular formula is C19H21FN2O2S. The molecule has 0 radical (unpaired) electrons. The fourth-order valence-corrected chi connectivity index (χ4v) is 3.03. The number of nitrogens with zero attached hydrogens (tertiary/aromatic N) is 1. The molecule has 2 aromatic carbocycles. The molecule has 2 aromatic rings. The van der Waals surface area contributed by atoms with Gasteiger partial charge in [-0.25, -0.2) is 4.39 Å². The summed E-state index contributed by atoms with van der Waals surface area (Å²) in [6, 6.07) is 13.3. The van der Waals surface area contributed by atoms with Gasteiger partial charge in [-0.05, 0) is 55.8 Å². The molecule has 0 bridgehead atoms. The summed E-state index contributed by atoms with van der Waals surface area (Å²) in [5, 5.41) is 2.67. The summed E-state index contributed by atoms with van der Waals surface area (Å²) in [6.07, 6.45) is 0. The van der Waals surface area contributed by atoms with Gasteiger partial charge in [-0.15, -0.1) is 11.8 Å². The Balaban J connectivity index is 1.82. The maximum atomic E-state index is 12.8. The number of thioether (sulfide) groups is 1. The molecule has 0 heterocycles. The van der Waals surface area contributed by atoms with Crippen LogP contribution < -0.4 is 10.2 Å². The number of carbonyl (C=O) groups is 2. The van der Waals surface area contributed by atoms with Crippen LogP contribution in [0, 0.1) is 12.7 Å². The smallest absolute Gasteiger partial charge is 0.236 e. The van der Waals surface area contributed by atoms with Crippen molar-refractivity contribution in [2.75, 3.05) is 28.3 Å². The quantitative estimate of drug-likeness (QED) is 0.816. The Morgan fingerprint density at radius 2 is 1.84 bits per heavy atom. The summed E-state index contributed by atoms with van der Waals surface area (Å²) in [7, 11) is 0. The predicted molar refractivity (Wildman–Crippen MR) is 102 cm³/mol. The third-order valence-corrected chi connectivity index (χ3v) is 4.43. The summed E-state index contributed by atoms with van der Waals surface area (Å²) in [6.45, 7) is 4.48. The van der Waals surface area contributed by atoms with E-state index in [1.807, 2.05) is 38.1 Å². The van der Waals surface area contributed by atoms with Crippen molar-refractivity contribution in [3.63, 3.8) is 0 Å². The van der Waals surface area contributed by atoms with Crippen molar-refractivity contribution in [2.24, 2.45) is 0 Å². The van der Waals surface area contributed by atoms with E-state index in [1.165, 1.54) is 36.0 Å². The fraction of sp³-hybridized carbons (Fsp3) is 0.263. The van der Waals surface area contributed by atoms with Gasteiger partial charge in [0.25, 0.3) is 0 Å². The van der Waals surface area contributed by atoms with Gasteiger partial charge in [-0.2, -0.15) is 0 Å². The zero-order valence-electron chi connectivity index (χ0n) is 14.3. The second-order valence-electron chi connectivity index (χ2n) is 5.52. The van der Waals surface area contributed by atoms with Gasteiger partial charge in [0.1, 0.15) is 5.82 Å². The number of anilines is 2. The molecule has 0 saturated heterocycles. The van der Waals surface area contributed by atoms with E-state index in [0.29, 0.717) is 12.2 Å². The van der Waals surface area contributed by atoms with Crippen molar-refractivity contribution in [1.82, 2.24) is 0 Å². The minimum atomic E-state index is -0.353. The minimum Gasteiger partial charge on any atom is -0.325 e. The number of nitrogens with one attached hydrogen (secondary N) is 1. The number of amides is 2. The average molecular weight is 360 g/mol. The van der Waals surface area contributed by atoms with E-state index in [2.05, 4.69) is 5.32 Å². The number of hydrogen-bond acceptors (Lipinski definition) is 3. The van der Waals surface area contributed by atoms with Crippen molar-refractivity contribution >= 4 is 35.0 Å². The van der Waals surface area contributed by atoms with Gasteiger partial charge in [0.15, 0.2) is 0 Å². The molecule has 0 aliphatic heterocycles. The number of carbonyl (C=O) groups excluding carboxylic acids is 2. The Bertz CT molecular complexity index is 734. The van der Waals surface area contributed by atoms with Crippen LogP contribution in [0.1, 0.15) is 12.5 Å². The molecule has 1 N–H and O–H groups in total. The number of benzene rings is 2. The molecule has 6 heteroatoms. The van der Waals surface area contributed by atoms with E-state index < -0.39 is 0 Å². The Morgan fingerprint density at radius 3 is 2.48 bits per heavy atom. The molecule has 0 aliphatic rings. The lowest BCUT2D eigenvalue weighted by Crippen LogP contribution is -2.32. The van der Waals surface area contributed by atoms with Crippen molar-refractivity contribution in [3.8, 4) is 0 Å². The molecule has 0 spiro atoms. The lowest BCUT2D eigenvalue weighted by molar-refractivity contribution is -0.116. The molecule has 132 valence electrons. The predicted octanol–water partition coefficient (Wildman–Crippen LogP) is 3.86. The van der Waals surface area contributed by atoms with Crippen LogP contribution in [0.15, 0.2) is 48.5 Å². The van der Waals surface area contributed by atoms with Crippen LogP contribution in [0.2, 0.25) is 0 Å². The molecule has 0 saturated carbocycles. The van der Waals surface area contributed by atoms with Crippen LogP contribution in [0.3, 0.4) is 0 Å². The Morgan fingerprint density at radius 1 is 1.12 bits per heavy atom. The fourth-order valence-electron chi connectivity index (χ4n) is 2.34. The summed E-state index contributed by atoms with van der Waals surface area (Å²) in [4.78, 5) is 26.0. The van der Waals surface area contributed by atoms with E-state index in [-0.39, 0.29) is 29.1 Å². The maximum Gasteiger partial charge on any atom is 0.236 e. The number of halogens is 1. The van der Waals surface area contributed by atoms with Crippen molar-refractivity contribution in [2.45, 2.75) is 13.8 Å². The summed E-state index contributed by atoms with van der Waals surface area (Å²) >= 11 is 1.26. The average Bonchev–Trinajstić information content (AvgIpc) is 2.58. The number of hydrogen-bond donors (Lipinski definition) is 1. The summed E-state index contributed by atoms with van der Waals surface area (Å²) < 4.78 is 12.8. The Labute approximate surface area is 151 Å². The highest BCUT2D eigenvalue weighted by Gasteiger charge is 2.14. The van der Waals surface area contributed by atoms with Crippen LogP contribution in [-0.4, -0.2) is 29.9 Å². The van der Waals surface area contributed by atoms with E-state index in [9.17, 15) is 14.0 Å². The highest BCUT2D eigenvalue weighted by molar-refractivity contribution is 8.00. The monoisotopic (exact) mass is 360 g/mol. The second kappa shape index (κ2) is 9.22. The van der Waals surface area contributed by atoms with E-state index >= 15 is 0 Å². The van der Waals surface area contributed by atoms with Gasteiger partial charge < -0.3 is 10.2 Å². The lowest BCUT2D eigenvalue weighted by atomic mass is 10.2. The Hall–Kier alpha value is -2.34. The van der Waals surface area contributed by atoms with Gasteiger partial charge in [0, 0.05) is 17.9 Å². The van der Waals surface area contributed by atoms with Gasteiger partial charge in [-0.1, -0.05) is 12.1 Å². The van der Waals surface area contributed by atoms with Gasteiger partial charge in [0.05, 0.1) is 11.5 Å². The third kappa shape index (κ3) is 5.90. The molecule has 2 amide bonds. The molecule has 25 heavy (non-hydrogen) atoms. The SMILES string of the molecule is CCN(C(=O)CSCC(=O)Nc1ccc(F)cc1)c1cccc(C)c1. The molecule has 4 nitrogen and oxygen atoms in total. The first kappa shape index (κ1) is 19.0. The van der Waals surface area contributed by atoms with Crippen LogP contribution in [0.5, 0.6) is 0 Å². The first-order chi connectivity index (χ1) is 12.0. The van der Waals surface area contributed by atoms with E-state index in [1.54, 1.807) is 4.90 Å². The highest BCUT2D eigenvalue weighted by atomic mass is 32.2. The maximum absolute atomic E-state index is 12.8. The largest absolute Gasteiger partial charge is 0.325 e. The molecule has 0 unspecified atom stereocenters. The summed E-state index contributed by atoms with van der Waals surface area (Å²) in [5.74, 6) is -0.225. The minimum absolute atomic E-state index is 0.0346. The van der Waals surface area contributed by atoms with E-state index in [0.717, 1.165) is 11.3 Å². The Kier molecular flexibility index (Phi) is 7.01. The molecular weight excluding hydrogens is 339 g/mol. The molecule has 2 rings (SSSR count). The van der Waals surface area contributed by atoms with Crippen LogP contribution in [-0.2, 0) is 9.59 Å². The normalized spacial score (nSPS) is 10.4. The van der Waals surface area contributed by atoms with Crippen LogP contribution in [0.4, 0.5) is 15.8 Å². The topological polar surface area (TPSA) is 49.4 Å². The van der Waals surface area contributed by atoms with Crippen molar-refractivity contribution < 1.29 is 14.0 Å². The van der Waals surface area contributed by atoms with Crippen LogP contribution in [0.25, 0.3) is 0 Å². The van der Waals surface area contributed by atoms with Crippen molar-refractivity contribution in [1.29, 1.82) is 0 Å². The zero-order valence-corrected chi connectivity index (χ0v) is 15.1. The third-order valence-electron chi connectivity index (χ3n) is 3.52. The summed E-state index contributed by atoms with van der Waals surface area (Å²) in [5.41, 5.74) is 2.49. The first-order valence-corrected chi connectivity index (χ1v) is 9.15. The lowest BCUT2D eigenvalue weighted by Gasteiger charge is -2.21. The van der Waals surface area contributed by atoms with Crippen molar-refractivity contribution in [3.05, 3.63) is 59.9 Å². The molecule has 0 aliphatic carbocycles. The highest BCUT2D eigenvalue weighted by Crippen LogP contribution is 2.17. The molecule has 0 fully saturated rings. The van der Waals surface area contributed by atoms with E-state index in [4.69, 9.17) is 0 Å². The zero-order chi connectivity index (χ0) is 18.2. The second-order valence-corrected chi connectivity index (χ2v) is 6.51. The van der Waals surface area contributed by atoms with Gasteiger partial charge in [0.2, 0.25) is 11.8 Å². The molecule has 0 atom stereocenters. The van der Waals surface area contributed by atoms with Gasteiger partial charge >= 0.3 is 0 Å². The van der Waals surface area contributed by atoms with Gasteiger partial charge in [-0.3, -0.25) is 9.59 Å². The number of aryl methyl sites for hydroxylation is 1. The van der Waals surface area contributed by atoms with Crippen LogP contribution >= 0.6 is 11.8 Å². The first-order valence-electron chi connectivity index (χ1n) is 7.99. The number of rotatable bonds is 7. The molecule has 0 aromatic heterocycles. The standard InChI is InChI=1S/C19H21FN2O2S/c1-3-22(17-6-4-5-14(2)11-17)19(24)13-25-12-18(23)21-16-9-7-15(20)8-10-16/h4-11H,3,12-13H2,1-2H3,(H,21,23).